The average Bonchev–Trinajstić information content (AvgIpc) is 3.22. The largest absolute Gasteiger partial charge is 0.454 e. The van der Waals surface area contributed by atoms with E-state index in [-0.39, 0.29) is 12.7 Å². The Morgan fingerprint density at radius 2 is 1.70 bits per heavy atom. The second kappa shape index (κ2) is 8.79. The number of anilines is 1. The lowest BCUT2D eigenvalue weighted by Gasteiger charge is -2.10. The molecule has 0 atom stereocenters. The zero-order valence-electron chi connectivity index (χ0n) is 15.6. The first kappa shape index (κ1) is 19.7. The summed E-state index contributed by atoms with van der Waals surface area (Å²) in [5, 5.41) is 6.76. The van der Waals surface area contributed by atoms with Crippen molar-refractivity contribution < 1.29 is 19.1 Å². The Hall–Kier alpha value is -3.65. The van der Waals surface area contributed by atoms with Gasteiger partial charge in [-0.05, 0) is 60.2 Å². The van der Waals surface area contributed by atoms with Crippen LogP contribution in [0.15, 0.2) is 76.3 Å². The molecule has 1 heterocycles. The van der Waals surface area contributed by atoms with Gasteiger partial charge in [0.05, 0.1) is 17.5 Å². The zero-order chi connectivity index (χ0) is 20.9. The maximum Gasteiger partial charge on any atom is 0.273 e. The van der Waals surface area contributed by atoms with E-state index in [4.69, 9.17) is 9.47 Å². The Morgan fingerprint density at radius 3 is 2.53 bits per heavy atom. The summed E-state index contributed by atoms with van der Waals surface area (Å²) in [5.74, 6) is 0.545. The fourth-order valence-corrected chi connectivity index (χ4v) is 3.07. The van der Waals surface area contributed by atoms with E-state index < -0.39 is 5.91 Å². The quantitative estimate of drug-likeness (QED) is 0.436. The number of carbonyl (C=O) groups is 2. The molecule has 1 aliphatic rings. The highest BCUT2D eigenvalue weighted by atomic mass is 79.9. The molecule has 4 rings (SSSR count). The van der Waals surface area contributed by atoms with Crippen LogP contribution in [0, 0.1) is 0 Å². The molecule has 2 amide bonds. The lowest BCUT2D eigenvalue weighted by Crippen LogP contribution is -2.21. The smallest absolute Gasteiger partial charge is 0.273 e. The van der Waals surface area contributed by atoms with Gasteiger partial charge >= 0.3 is 0 Å². The van der Waals surface area contributed by atoms with Crippen LogP contribution in [-0.4, -0.2) is 24.8 Å². The lowest BCUT2D eigenvalue weighted by atomic mass is 10.1. The van der Waals surface area contributed by atoms with Gasteiger partial charge in [-0.25, -0.2) is 5.43 Å². The summed E-state index contributed by atoms with van der Waals surface area (Å²) in [4.78, 5) is 25.1. The van der Waals surface area contributed by atoms with Crippen molar-refractivity contribution in [2.75, 3.05) is 12.1 Å². The summed E-state index contributed by atoms with van der Waals surface area (Å²) in [5.41, 5.74) is 4.39. The van der Waals surface area contributed by atoms with Crippen LogP contribution in [0.3, 0.4) is 0 Å². The number of rotatable bonds is 5. The Balaban J connectivity index is 1.44. The van der Waals surface area contributed by atoms with Gasteiger partial charge in [0, 0.05) is 10.0 Å². The number of hydrogen-bond acceptors (Lipinski definition) is 5. The summed E-state index contributed by atoms with van der Waals surface area (Å²) in [7, 11) is 0. The minimum atomic E-state index is -0.446. The number of nitrogens with one attached hydrogen (secondary N) is 2. The van der Waals surface area contributed by atoms with Gasteiger partial charge in [0.2, 0.25) is 6.79 Å². The predicted octanol–water partition coefficient (Wildman–Crippen LogP) is 4.19. The summed E-state index contributed by atoms with van der Waals surface area (Å²) in [6.07, 6.45) is 1.50. The third kappa shape index (κ3) is 4.49. The molecule has 3 aromatic carbocycles. The van der Waals surface area contributed by atoms with Crippen LogP contribution in [0.25, 0.3) is 0 Å². The van der Waals surface area contributed by atoms with E-state index in [1.807, 2.05) is 0 Å². The molecule has 0 bridgehead atoms. The molecule has 0 unspecified atom stereocenters. The number of para-hydroxylation sites is 1. The molecule has 0 aromatic heterocycles. The minimum absolute atomic E-state index is 0.190. The first-order valence-corrected chi connectivity index (χ1v) is 9.78. The SMILES string of the molecule is O=C(Nc1ccccc1C(=O)N/N=C\c1ccc2c(c1)OCO2)c1ccc(Br)cc1. The molecule has 0 radical (unpaired) electrons. The number of carbonyl (C=O) groups excluding carboxylic acids is 2. The molecular formula is C22H16BrN3O4. The summed E-state index contributed by atoms with van der Waals surface area (Å²) >= 11 is 3.34. The summed E-state index contributed by atoms with van der Waals surface area (Å²) in [6, 6.07) is 19.0. The van der Waals surface area contributed by atoms with Crippen LogP contribution < -0.4 is 20.2 Å². The molecule has 0 aliphatic carbocycles. The van der Waals surface area contributed by atoms with Crippen LogP contribution in [-0.2, 0) is 0 Å². The van der Waals surface area contributed by atoms with Crippen molar-refractivity contribution in [3.8, 4) is 11.5 Å². The number of ether oxygens (including phenoxy) is 2. The van der Waals surface area contributed by atoms with Crippen molar-refractivity contribution >= 4 is 39.6 Å². The van der Waals surface area contributed by atoms with E-state index in [0.29, 0.717) is 28.3 Å². The number of hydrazone groups is 1. The van der Waals surface area contributed by atoms with E-state index in [9.17, 15) is 9.59 Å². The van der Waals surface area contributed by atoms with Gasteiger partial charge in [0.25, 0.3) is 11.8 Å². The Bertz CT molecular complexity index is 1130. The maximum absolute atomic E-state index is 12.6. The zero-order valence-corrected chi connectivity index (χ0v) is 17.2. The predicted molar refractivity (Wildman–Crippen MR) is 116 cm³/mol. The number of benzene rings is 3. The molecule has 0 saturated carbocycles. The molecule has 1 aliphatic heterocycles. The monoisotopic (exact) mass is 465 g/mol. The molecule has 0 saturated heterocycles. The topological polar surface area (TPSA) is 89.0 Å². The Morgan fingerprint density at radius 1 is 0.933 bits per heavy atom. The highest BCUT2D eigenvalue weighted by molar-refractivity contribution is 9.10. The highest BCUT2D eigenvalue weighted by Gasteiger charge is 2.14. The molecular weight excluding hydrogens is 450 g/mol. The van der Waals surface area contributed by atoms with Gasteiger partial charge in [-0.2, -0.15) is 5.10 Å². The number of fused-ring (bicyclic) bond motifs is 1. The van der Waals surface area contributed by atoms with E-state index in [1.165, 1.54) is 6.21 Å². The summed E-state index contributed by atoms with van der Waals surface area (Å²) < 4.78 is 11.5. The van der Waals surface area contributed by atoms with E-state index in [2.05, 4.69) is 31.8 Å². The molecule has 0 spiro atoms. The van der Waals surface area contributed by atoms with Crippen molar-refractivity contribution in [1.29, 1.82) is 0 Å². The first-order valence-electron chi connectivity index (χ1n) is 8.99. The number of nitrogens with zero attached hydrogens (tertiary/aromatic N) is 1. The van der Waals surface area contributed by atoms with Gasteiger partial charge in [-0.15, -0.1) is 0 Å². The average molecular weight is 466 g/mol. The molecule has 150 valence electrons. The lowest BCUT2D eigenvalue weighted by molar-refractivity contribution is 0.0956. The Kier molecular flexibility index (Phi) is 5.76. The molecule has 2 N–H and O–H groups in total. The van der Waals surface area contributed by atoms with Crippen LogP contribution >= 0.6 is 15.9 Å². The van der Waals surface area contributed by atoms with Gasteiger partial charge in [0.1, 0.15) is 0 Å². The normalized spacial score (nSPS) is 12.0. The molecule has 0 fully saturated rings. The number of halogens is 1. The second-order valence-corrected chi connectivity index (χ2v) is 7.23. The first-order chi connectivity index (χ1) is 14.6. The standard InChI is InChI=1S/C22H16BrN3O4/c23-16-8-6-15(7-9-16)21(27)25-18-4-2-1-3-17(18)22(28)26-24-12-14-5-10-19-20(11-14)30-13-29-19/h1-12H,13H2,(H,25,27)(H,26,28)/b24-12-. The molecule has 7 nitrogen and oxygen atoms in total. The third-order valence-corrected chi connectivity index (χ3v) is 4.83. The molecule has 8 heteroatoms. The third-order valence-electron chi connectivity index (χ3n) is 4.30. The van der Waals surface area contributed by atoms with Crippen LogP contribution in [0.2, 0.25) is 0 Å². The van der Waals surface area contributed by atoms with Gasteiger partial charge in [0.15, 0.2) is 11.5 Å². The van der Waals surface area contributed by atoms with Crippen LogP contribution in [0.4, 0.5) is 5.69 Å². The van der Waals surface area contributed by atoms with E-state index in [0.717, 1.165) is 10.0 Å². The van der Waals surface area contributed by atoms with Crippen LogP contribution in [0.1, 0.15) is 26.3 Å². The fraction of sp³-hybridized carbons (Fsp3) is 0.0455. The molecule has 30 heavy (non-hydrogen) atoms. The van der Waals surface area contributed by atoms with Crippen molar-refractivity contribution in [1.82, 2.24) is 5.43 Å². The Labute approximate surface area is 180 Å². The van der Waals surface area contributed by atoms with Crippen molar-refractivity contribution in [3.63, 3.8) is 0 Å². The van der Waals surface area contributed by atoms with Crippen LogP contribution in [0.5, 0.6) is 11.5 Å². The second-order valence-electron chi connectivity index (χ2n) is 6.32. The molecule has 3 aromatic rings. The summed E-state index contributed by atoms with van der Waals surface area (Å²) in [6.45, 7) is 0.190. The van der Waals surface area contributed by atoms with Gasteiger partial charge in [-0.1, -0.05) is 28.1 Å². The maximum atomic E-state index is 12.6. The highest BCUT2D eigenvalue weighted by Crippen LogP contribution is 2.32. The van der Waals surface area contributed by atoms with E-state index in [1.54, 1.807) is 66.7 Å². The van der Waals surface area contributed by atoms with Crippen molar-refractivity contribution in [2.45, 2.75) is 0 Å². The van der Waals surface area contributed by atoms with Gasteiger partial charge < -0.3 is 14.8 Å². The number of hydrogen-bond donors (Lipinski definition) is 2. The minimum Gasteiger partial charge on any atom is -0.454 e. The fourth-order valence-electron chi connectivity index (χ4n) is 2.80. The van der Waals surface area contributed by atoms with Crippen molar-refractivity contribution in [3.05, 3.63) is 87.9 Å². The van der Waals surface area contributed by atoms with Crippen molar-refractivity contribution in [2.24, 2.45) is 5.10 Å². The number of amides is 2. The van der Waals surface area contributed by atoms with E-state index >= 15 is 0 Å². The van der Waals surface area contributed by atoms with Gasteiger partial charge in [-0.3, -0.25) is 9.59 Å².